The lowest BCUT2D eigenvalue weighted by Gasteiger charge is -2.46. The molecule has 2 aromatic carbocycles. The molecule has 2 bridgehead atoms. The quantitative estimate of drug-likeness (QED) is 0.271. The Bertz CT molecular complexity index is 1970. The summed E-state index contributed by atoms with van der Waals surface area (Å²) in [5.41, 5.74) is 4.33. The molecule has 1 aromatic heterocycles. The molecule has 1 N–H and O–H groups in total. The van der Waals surface area contributed by atoms with E-state index in [9.17, 15) is 13.8 Å². The number of carbonyl (C=O) groups excluding carboxylic acids is 2. The number of ether oxygens (including phenoxy) is 2. The molecule has 0 unspecified atom stereocenters. The lowest BCUT2D eigenvalue weighted by Crippen LogP contribution is -2.49. The third-order valence-corrected chi connectivity index (χ3v) is 14.5. The Morgan fingerprint density at radius 1 is 1.17 bits per heavy atom. The number of fused-ring (bicyclic) bond motifs is 4. The number of aryl methyl sites for hydroxylation is 3. The van der Waals surface area contributed by atoms with E-state index in [1.165, 1.54) is 11.1 Å². The fourth-order valence-electron chi connectivity index (χ4n) is 8.74. The summed E-state index contributed by atoms with van der Waals surface area (Å²) in [6, 6.07) is 13.5. The predicted molar refractivity (Wildman–Crippen MR) is 204 cm³/mol. The Labute approximate surface area is 312 Å². The molecule has 52 heavy (non-hydrogen) atoms. The van der Waals surface area contributed by atoms with Gasteiger partial charge < -0.3 is 14.4 Å². The van der Waals surface area contributed by atoms with Crippen LogP contribution in [0.3, 0.4) is 0 Å². The van der Waals surface area contributed by atoms with Crippen LogP contribution in [-0.2, 0) is 44.8 Å². The second kappa shape index (κ2) is 15.4. The molecule has 1 spiro atoms. The second-order valence-corrected chi connectivity index (χ2v) is 17.6. The number of halogens is 1. The molecule has 3 heterocycles. The molecule has 0 radical (unpaired) electrons. The minimum absolute atomic E-state index is 0.0467. The molecule has 10 nitrogen and oxygen atoms in total. The molecule has 278 valence electrons. The van der Waals surface area contributed by atoms with Crippen molar-refractivity contribution in [2.75, 3.05) is 31.7 Å². The van der Waals surface area contributed by atoms with Crippen LogP contribution in [-0.4, -0.2) is 64.0 Å². The average molecular weight is 748 g/mol. The van der Waals surface area contributed by atoms with Gasteiger partial charge in [-0.3, -0.25) is 19.0 Å². The Balaban J connectivity index is 1.28. The highest BCUT2D eigenvalue weighted by atomic mass is 35.5. The maximum atomic E-state index is 14.8. The predicted octanol–water partition coefficient (Wildman–Crippen LogP) is 6.99. The fourth-order valence-corrected chi connectivity index (χ4v) is 11.0. The topological polar surface area (TPSA) is 115 Å². The van der Waals surface area contributed by atoms with Crippen molar-refractivity contribution in [1.82, 2.24) is 14.5 Å². The van der Waals surface area contributed by atoms with Crippen LogP contribution in [0.4, 0.5) is 5.69 Å². The minimum Gasteiger partial charge on any atom is -0.490 e. The third kappa shape index (κ3) is 7.41. The van der Waals surface area contributed by atoms with Crippen LogP contribution >= 0.6 is 11.6 Å². The highest BCUT2D eigenvalue weighted by Crippen LogP contribution is 2.47. The van der Waals surface area contributed by atoms with Crippen molar-refractivity contribution in [2.45, 2.75) is 87.9 Å². The SMILES string of the molecule is CC[C@@H]1CC/C=C/[C@H](OC)[C@@H]2CC[C@H]2CN2C[C@@]3(CCCc4cc(Cl)ccc43)COc3ccc(cc32)C(=O)N=[S@@]1(=O)NC(=O)CCc1ccnn1C. The number of allylic oxidation sites excluding steroid dienone is 1. The number of hydrogen-bond donors (Lipinski definition) is 1. The van der Waals surface area contributed by atoms with Crippen molar-refractivity contribution < 1.29 is 23.3 Å². The first-order chi connectivity index (χ1) is 25.1. The van der Waals surface area contributed by atoms with Crippen molar-refractivity contribution in [3.05, 3.63) is 88.2 Å². The van der Waals surface area contributed by atoms with Crippen molar-refractivity contribution in [3.63, 3.8) is 0 Å². The van der Waals surface area contributed by atoms with Crippen molar-refractivity contribution in [3.8, 4) is 5.75 Å². The van der Waals surface area contributed by atoms with Gasteiger partial charge in [-0.2, -0.15) is 5.10 Å². The largest absolute Gasteiger partial charge is 0.490 e. The molecule has 3 aromatic rings. The number of anilines is 1. The zero-order valence-corrected chi connectivity index (χ0v) is 32.0. The van der Waals surface area contributed by atoms with Crippen LogP contribution in [0.15, 0.2) is 65.2 Å². The summed E-state index contributed by atoms with van der Waals surface area (Å²) in [5.74, 6) is 0.428. The van der Waals surface area contributed by atoms with Gasteiger partial charge >= 0.3 is 0 Å². The van der Waals surface area contributed by atoms with Gasteiger partial charge in [0.05, 0.1) is 23.6 Å². The molecule has 2 aliphatic carbocycles. The molecular weight excluding hydrogens is 698 g/mol. The van der Waals surface area contributed by atoms with Crippen LogP contribution in [0, 0.1) is 11.8 Å². The van der Waals surface area contributed by atoms with E-state index in [0.717, 1.165) is 61.6 Å². The highest BCUT2D eigenvalue weighted by molar-refractivity contribution is 7.93. The molecule has 12 heteroatoms. The number of hydrogen-bond acceptors (Lipinski definition) is 7. The molecule has 7 rings (SSSR count). The van der Waals surface area contributed by atoms with E-state index < -0.39 is 27.0 Å². The smallest absolute Gasteiger partial charge is 0.286 e. The number of nitrogens with zero attached hydrogens (tertiary/aromatic N) is 4. The fraction of sp³-hybridized carbons (Fsp3) is 0.525. The van der Waals surface area contributed by atoms with Gasteiger partial charge in [0.15, 0.2) is 0 Å². The number of carbonyl (C=O) groups is 2. The molecule has 2 aliphatic heterocycles. The van der Waals surface area contributed by atoms with E-state index >= 15 is 0 Å². The summed E-state index contributed by atoms with van der Waals surface area (Å²) in [7, 11) is 0.0911. The molecule has 6 atom stereocenters. The Morgan fingerprint density at radius 2 is 2.04 bits per heavy atom. The van der Waals surface area contributed by atoms with Crippen LogP contribution in [0.5, 0.6) is 5.75 Å². The van der Waals surface area contributed by atoms with Crippen LogP contribution < -0.4 is 14.4 Å². The zero-order valence-electron chi connectivity index (χ0n) is 30.4. The van der Waals surface area contributed by atoms with Crippen molar-refractivity contribution in [2.24, 2.45) is 23.2 Å². The number of amides is 2. The molecule has 2 amide bonds. The van der Waals surface area contributed by atoms with E-state index in [1.54, 1.807) is 24.1 Å². The van der Waals surface area contributed by atoms with Gasteiger partial charge in [-0.1, -0.05) is 36.7 Å². The standard InChI is InChI=1S/C40H50ClN5O5S/c1-4-32-9-5-6-10-36(50-3)33-15-11-29(33)24-46-25-40(20-7-8-27-22-30(41)13-16-34(27)40)26-51-37-17-12-28(23-35(37)46)39(48)44-52(32,49)43-38(47)18-14-31-19-21-42-45(31)2/h6,10,12-13,16-17,19,21-23,29,32-33,36H,4-5,7-9,11,14-15,18,20,24-26H2,1-3H3,(H,43,44,47,48,49)/b10-6+/t29-,32+,33+,36-,40-,52-/m0/s1. The number of nitrogens with one attached hydrogen (secondary N) is 1. The average Bonchev–Trinajstić information content (AvgIpc) is 3.47. The first-order valence-electron chi connectivity index (χ1n) is 18.7. The molecule has 1 saturated carbocycles. The van der Waals surface area contributed by atoms with Crippen molar-refractivity contribution in [1.29, 1.82) is 0 Å². The summed E-state index contributed by atoms with van der Waals surface area (Å²) in [4.78, 5) is 29.9. The monoisotopic (exact) mass is 747 g/mol. The number of benzene rings is 2. The van der Waals surface area contributed by atoms with Crippen LogP contribution in [0.25, 0.3) is 0 Å². The molecule has 1 fully saturated rings. The summed E-state index contributed by atoms with van der Waals surface area (Å²) in [5, 5.41) is 4.39. The Hall–Kier alpha value is -3.67. The van der Waals surface area contributed by atoms with Gasteiger partial charge in [0.25, 0.3) is 5.91 Å². The maximum Gasteiger partial charge on any atom is 0.286 e. The summed E-state index contributed by atoms with van der Waals surface area (Å²) < 4.78 is 36.4. The lowest BCUT2D eigenvalue weighted by atomic mass is 9.68. The van der Waals surface area contributed by atoms with Gasteiger partial charge in [-0.25, -0.2) is 4.21 Å². The van der Waals surface area contributed by atoms with Gasteiger partial charge in [0.1, 0.15) is 15.7 Å². The molecule has 4 aliphatic rings. The van der Waals surface area contributed by atoms with Gasteiger partial charge in [-0.05, 0) is 117 Å². The number of rotatable bonds is 6. The summed E-state index contributed by atoms with van der Waals surface area (Å²) in [6.45, 7) is 3.95. The lowest BCUT2D eigenvalue weighted by molar-refractivity contribution is -0.119. The van der Waals surface area contributed by atoms with Crippen LogP contribution in [0.1, 0.15) is 85.5 Å². The second-order valence-electron chi connectivity index (χ2n) is 15.0. The first kappa shape index (κ1) is 36.7. The Kier molecular flexibility index (Phi) is 10.8. The van der Waals surface area contributed by atoms with E-state index in [2.05, 4.69) is 43.4 Å². The van der Waals surface area contributed by atoms with Crippen LogP contribution in [0.2, 0.25) is 5.02 Å². The minimum atomic E-state index is -3.50. The Morgan fingerprint density at radius 3 is 2.79 bits per heavy atom. The maximum absolute atomic E-state index is 14.8. The third-order valence-electron chi connectivity index (χ3n) is 11.8. The highest BCUT2D eigenvalue weighted by Gasteiger charge is 2.44. The van der Waals surface area contributed by atoms with E-state index in [0.29, 0.717) is 55.4 Å². The van der Waals surface area contributed by atoms with E-state index in [4.69, 9.17) is 21.1 Å². The molecule has 0 saturated heterocycles. The number of methoxy groups -OCH3 is 1. The van der Waals surface area contributed by atoms with Crippen molar-refractivity contribution >= 4 is 39.0 Å². The summed E-state index contributed by atoms with van der Waals surface area (Å²) >= 11 is 6.47. The number of aromatic nitrogens is 2. The van der Waals surface area contributed by atoms with Gasteiger partial charge in [-0.15, -0.1) is 4.36 Å². The first-order valence-corrected chi connectivity index (χ1v) is 20.6. The molecular formula is C40H50ClN5O5S. The van der Waals surface area contributed by atoms with Gasteiger partial charge in [0.2, 0.25) is 5.91 Å². The van der Waals surface area contributed by atoms with Gasteiger partial charge in [0, 0.05) is 61.6 Å². The van der Waals surface area contributed by atoms with E-state index in [1.807, 2.05) is 38.2 Å². The normalized spacial score (nSPS) is 29.5. The zero-order chi connectivity index (χ0) is 36.5. The summed E-state index contributed by atoms with van der Waals surface area (Å²) in [6.07, 6.45) is 13.2. The van der Waals surface area contributed by atoms with E-state index in [-0.39, 0.29) is 17.9 Å².